The molecule has 2 aromatic carbocycles. The summed E-state index contributed by atoms with van der Waals surface area (Å²) < 4.78 is 6.92. The van der Waals surface area contributed by atoms with E-state index in [4.69, 9.17) is 4.74 Å². The Morgan fingerprint density at radius 2 is 1.91 bits per heavy atom. The van der Waals surface area contributed by atoms with E-state index >= 15 is 0 Å². The number of hydrogen-bond donors (Lipinski definition) is 1. The molecule has 3 rings (SSSR count). The first kappa shape index (κ1) is 23.9. The van der Waals surface area contributed by atoms with Crippen LogP contribution in [0.5, 0.6) is 5.75 Å². The average Bonchev–Trinajstić information content (AvgIpc) is 3.07. The van der Waals surface area contributed by atoms with Crippen LogP contribution in [0.15, 0.2) is 48.5 Å². The van der Waals surface area contributed by atoms with Crippen molar-refractivity contribution in [2.24, 2.45) is 0 Å². The molecular formula is C24H29N5O4. The normalized spacial score (nSPS) is 11.9. The van der Waals surface area contributed by atoms with Gasteiger partial charge in [0, 0.05) is 12.1 Å². The van der Waals surface area contributed by atoms with E-state index in [0.29, 0.717) is 30.0 Å². The van der Waals surface area contributed by atoms with Crippen molar-refractivity contribution >= 4 is 11.6 Å². The van der Waals surface area contributed by atoms with Crippen LogP contribution in [0.25, 0.3) is 0 Å². The van der Waals surface area contributed by atoms with E-state index in [1.807, 2.05) is 55.4 Å². The van der Waals surface area contributed by atoms with Crippen molar-refractivity contribution < 1.29 is 14.5 Å². The molecule has 9 heteroatoms. The fourth-order valence-electron chi connectivity index (χ4n) is 3.78. The molecule has 0 fully saturated rings. The Labute approximate surface area is 193 Å². The molecule has 3 aromatic rings. The maximum absolute atomic E-state index is 12.7. The number of carbonyl (C=O) groups is 1. The van der Waals surface area contributed by atoms with Gasteiger partial charge in [0.05, 0.1) is 24.6 Å². The number of aromatic nitrogens is 2. The Kier molecular flexibility index (Phi) is 7.44. The number of carbonyl (C=O) groups excluding carboxylic acids is 1. The van der Waals surface area contributed by atoms with Gasteiger partial charge in [0.1, 0.15) is 17.1 Å². The maximum atomic E-state index is 12.7. The molecule has 1 heterocycles. The van der Waals surface area contributed by atoms with Crippen molar-refractivity contribution in [3.63, 3.8) is 0 Å². The van der Waals surface area contributed by atoms with Crippen LogP contribution in [0.3, 0.4) is 0 Å². The van der Waals surface area contributed by atoms with Crippen molar-refractivity contribution in [1.29, 1.82) is 0 Å². The number of benzene rings is 2. The molecule has 1 atom stereocenters. The SMILES string of the molecule is COc1cccc(C(CNC(=O)c2ccc(Cn3nc(C)c([N+](=O)[O-])c3C)cc2)N(C)C)c1. The lowest BCUT2D eigenvalue weighted by Crippen LogP contribution is -2.34. The number of hydrogen-bond acceptors (Lipinski definition) is 6. The molecule has 0 radical (unpaired) electrons. The smallest absolute Gasteiger partial charge is 0.312 e. The van der Waals surface area contributed by atoms with Crippen molar-refractivity contribution in [3.05, 3.63) is 86.7 Å². The molecule has 1 N–H and O–H groups in total. The van der Waals surface area contributed by atoms with Crippen molar-refractivity contribution in [1.82, 2.24) is 20.0 Å². The molecule has 0 spiro atoms. The van der Waals surface area contributed by atoms with Crippen molar-refractivity contribution in [2.45, 2.75) is 26.4 Å². The summed E-state index contributed by atoms with van der Waals surface area (Å²) in [4.78, 5) is 25.6. The Morgan fingerprint density at radius 1 is 1.21 bits per heavy atom. The van der Waals surface area contributed by atoms with Crippen LogP contribution in [0.1, 0.15) is 38.9 Å². The van der Waals surface area contributed by atoms with Crippen LogP contribution in [0, 0.1) is 24.0 Å². The molecule has 0 aliphatic carbocycles. The number of aryl methyl sites for hydroxylation is 1. The topological polar surface area (TPSA) is 103 Å². The summed E-state index contributed by atoms with van der Waals surface area (Å²) in [6, 6.07) is 15.0. The standard InChI is InChI=1S/C24H29N5O4/c1-16-23(29(31)32)17(2)28(26-16)15-18-9-11-19(12-10-18)24(30)25-14-22(27(3)4)20-7-6-8-21(13-20)33-5/h6-13,22H,14-15H2,1-5H3,(H,25,30). The van der Waals surface area contributed by atoms with E-state index in [9.17, 15) is 14.9 Å². The van der Waals surface area contributed by atoms with Gasteiger partial charge in [-0.2, -0.15) is 5.10 Å². The Morgan fingerprint density at radius 3 is 2.48 bits per heavy atom. The molecule has 1 unspecified atom stereocenters. The number of methoxy groups -OCH3 is 1. The summed E-state index contributed by atoms with van der Waals surface area (Å²) >= 11 is 0. The third-order valence-corrected chi connectivity index (χ3v) is 5.63. The Balaban J connectivity index is 1.66. The minimum absolute atomic E-state index is 0.00913. The van der Waals surface area contributed by atoms with Crippen LogP contribution >= 0.6 is 0 Å². The fourth-order valence-corrected chi connectivity index (χ4v) is 3.78. The van der Waals surface area contributed by atoms with Crippen LogP contribution in [-0.4, -0.2) is 53.3 Å². The largest absolute Gasteiger partial charge is 0.497 e. The highest BCUT2D eigenvalue weighted by Crippen LogP contribution is 2.23. The summed E-state index contributed by atoms with van der Waals surface area (Å²) in [5, 5.41) is 18.5. The Hall–Kier alpha value is -3.72. The van der Waals surface area contributed by atoms with E-state index in [2.05, 4.69) is 10.4 Å². The highest BCUT2D eigenvalue weighted by molar-refractivity contribution is 5.94. The molecule has 1 aromatic heterocycles. The molecule has 0 bridgehead atoms. The van der Waals surface area contributed by atoms with E-state index in [0.717, 1.165) is 16.9 Å². The quantitative estimate of drug-likeness (QED) is 0.395. The number of nitro groups is 1. The monoisotopic (exact) mass is 451 g/mol. The maximum Gasteiger partial charge on any atom is 0.312 e. The van der Waals surface area contributed by atoms with Gasteiger partial charge in [-0.3, -0.25) is 19.6 Å². The first-order valence-electron chi connectivity index (χ1n) is 10.6. The summed E-state index contributed by atoms with van der Waals surface area (Å²) in [5.74, 6) is 0.604. The van der Waals surface area contributed by atoms with Crippen LogP contribution in [0.4, 0.5) is 5.69 Å². The molecule has 174 valence electrons. The highest BCUT2D eigenvalue weighted by atomic mass is 16.6. The molecule has 0 saturated carbocycles. The predicted molar refractivity (Wildman–Crippen MR) is 126 cm³/mol. The van der Waals surface area contributed by atoms with E-state index in [1.54, 1.807) is 37.8 Å². The van der Waals surface area contributed by atoms with Crippen LogP contribution < -0.4 is 10.1 Å². The molecule has 0 aliphatic heterocycles. The minimum atomic E-state index is -0.409. The summed E-state index contributed by atoms with van der Waals surface area (Å²) in [6.45, 7) is 4.14. The molecule has 33 heavy (non-hydrogen) atoms. The highest BCUT2D eigenvalue weighted by Gasteiger charge is 2.22. The number of ether oxygens (including phenoxy) is 1. The lowest BCUT2D eigenvalue weighted by molar-refractivity contribution is -0.386. The predicted octanol–water partition coefficient (Wildman–Crippen LogP) is 3.50. The number of nitrogens with zero attached hydrogens (tertiary/aromatic N) is 4. The molecular weight excluding hydrogens is 422 g/mol. The van der Waals surface area contributed by atoms with Gasteiger partial charge in [0.2, 0.25) is 0 Å². The lowest BCUT2D eigenvalue weighted by Gasteiger charge is -2.25. The van der Waals surface area contributed by atoms with Gasteiger partial charge in [0.15, 0.2) is 0 Å². The van der Waals surface area contributed by atoms with Gasteiger partial charge in [0.25, 0.3) is 5.91 Å². The van der Waals surface area contributed by atoms with Gasteiger partial charge in [-0.15, -0.1) is 0 Å². The van der Waals surface area contributed by atoms with Crippen LogP contribution in [-0.2, 0) is 6.54 Å². The molecule has 0 aliphatic rings. The van der Waals surface area contributed by atoms with Crippen molar-refractivity contribution in [3.8, 4) is 5.75 Å². The van der Waals surface area contributed by atoms with E-state index in [-0.39, 0.29) is 17.6 Å². The first-order valence-corrected chi connectivity index (χ1v) is 10.6. The molecule has 0 saturated heterocycles. The summed E-state index contributed by atoms with van der Waals surface area (Å²) in [5.41, 5.74) is 3.42. The van der Waals surface area contributed by atoms with E-state index in [1.165, 1.54) is 0 Å². The van der Waals surface area contributed by atoms with Gasteiger partial charge >= 0.3 is 5.69 Å². The minimum Gasteiger partial charge on any atom is -0.497 e. The number of rotatable bonds is 9. The van der Waals surface area contributed by atoms with E-state index < -0.39 is 4.92 Å². The van der Waals surface area contributed by atoms with Gasteiger partial charge in [-0.25, -0.2) is 0 Å². The second-order valence-corrected chi connectivity index (χ2v) is 8.10. The van der Waals surface area contributed by atoms with Gasteiger partial charge in [-0.1, -0.05) is 24.3 Å². The number of amides is 1. The first-order chi connectivity index (χ1) is 15.7. The van der Waals surface area contributed by atoms with Gasteiger partial charge in [-0.05, 0) is 63.3 Å². The van der Waals surface area contributed by atoms with Crippen LogP contribution in [0.2, 0.25) is 0 Å². The number of nitrogens with one attached hydrogen (secondary N) is 1. The summed E-state index contributed by atoms with van der Waals surface area (Å²) in [7, 11) is 5.56. The average molecular weight is 452 g/mol. The second kappa shape index (κ2) is 10.3. The molecule has 9 nitrogen and oxygen atoms in total. The lowest BCUT2D eigenvalue weighted by atomic mass is 10.1. The summed E-state index contributed by atoms with van der Waals surface area (Å²) in [6.07, 6.45) is 0. The van der Waals surface area contributed by atoms with Gasteiger partial charge < -0.3 is 15.0 Å². The zero-order valence-electron chi connectivity index (χ0n) is 19.5. The molecule has 1 amide bonds. The zero-order chi connectivity index (χ0) is 24.1. The number of likely N-dealkylation sites (N-methyl/N-ethyl adjacent to an activating group) is 1. The fraction of sp³-hybridized carbons (Fsp3) is 0.333. The second-order valence-electron chi connectivity index (χ2n) is 8.10. The zero-order valence-corrected chi connectivity index (χ0v) is 19.5. The third-order valence-electron chi connectivity index (χ3n) is 5.63. The van der Waals surface area contributed by atoms with Crippen molar-refractivity contribution in [2.75, 3.05) is 27.7 Å². The Bertz CT molecular complexity index is 1140. The third kappa shape index (κ3) is 5.56.